The summed E-state index contributed by atoms with van der Waals surface area (Å²) in [6, 6.07) is 10.7. The molecular formula is C17H10ClF4NO4. The second-order valence-corrected chi connectivity index (χ2v) is 5.63. The monoisotopic (exact) mass is 403 g/mol. The van der Waals surface area contributed by atoms with Gasteiger partial charge in [0.1, 0.15) is 0 Å². The normalized spacial score (nSPS) is 16.9. The van der Waals surface area contributed by atoms with E-state index in [0.717, 1.165) is 0 Å². The van der Waals surface area contributed by atoms with Gasteiger partial charge in [-0.3, -0.25) is 0 Å². The maximum Gasteiger partial charge on any atom is 0.586 e. The van der Waals surface area contributed by atoms with Crippen LogP contribution in [0.2, 0.25) is 0 Å². The van der Waals surface area contributed by atoms with E-state index in [-0.39, 0.29) is 35.3 Å². The molecule has 2 aliphatic rings. The molecule has 0 N–H and O–H groups in total. The lowest BCUT2D eigenvalue weighted by Gasteiger charge is -2.04. The zero-order valence-corrected chi connectivity index (χ0v) is 14.1. The molecule has 2 aromatic rings. The number of nitriles is 1. The molecule has 0 spiro atoms. The van der Waals surface area contributed by atoms with Gasteiger partial charge >= 0.3 is 12.6 Å². The fourth-order valence-corrected chi connectivity index (χ4v) is 2.44. The number of rotatable bonds is 2. The Kier molecular flexibility index (Phi) is 4.93. The van der Waals surface area contributed by atoms with Gasteiger partial charge in [0.25, 0.3) is 0 Å². The zero-order valence-electron chi connectivity index (χ0n) is 13.3. The van der Waals surface area contributed by atoms with Gasteiger partial charge in [0.2, 0.25) is 0 Å². The van der Waals surface area contributed by atoms with Crippen molar-refractivity contribution in [1.82, 2.24) is 0 Å². The number of hydrogen-bond donors (Lipinski definition) is 0. The topological polar surface area (TPSA) is 60.7 Å². The molecule has 4 rings (SSSR count). The molecule has 0 aliphatic carbocycles. The van der Waals surface area contributed by atoms with E-state index in [2.05, 4.69) is 18.9 Å². The van der Waals surface area contributed by atoms with Crippen molar-refractivity contribution >= 4 is 11.6 Å². The van der Waals surface area contributed by atoms with Crippen molar-refractivity contribution in [2.75, 3.05) is 0 Å². The number of hydrogen-bond acceptors (Lipinski definition) is 5. The van der Waals surface area contributed by atoms with Crippen molar-refractivity contribution in [2.24, 2.45) is 0 Å². The van der Waals surface area contributed by atoms with Gasteiger partial charge in [-0.05, 0) is 35.4 Å². The van der Waals surface area contributed by atoms with Gasteiger partial charge < -0.3 is 18.9 Å². The minimum atomic E-state index is -3.59. The first-order chi connectivity index (χ1) is 12.7. The van der Waals surface area contributed by atoms with Gasteiger partial charge in [-0.25, -0.2) is 0 Å². The van der Waals surface area contributed by atoms with Crippen LogP contribution in [0.5, 0.6) is 23.0 Å². The molecule has 0 amide bonds. The van der Waals surface area contributed by atoms with Crippen molar-refractivity contribution in [3.05, 3.63) is 47.5 Å². The maximum atomic E-state index is 12.5. The van der Waals surface area contributed by atoms with E-state index < -0.39 is 12.6 Å². The van der Waals surface area contributed by atoms with Gasteiger partial charge in [0.05, 0.1) is 12.5 Å². The third-order valence-electron chi connectivity index (χ3n) is 3.37. The molecule has 5 nitrogen and oxygen atoms in total. The summed E-state index contributed by atoms with van der Waals surface area (Å²) < 4.78 is 66.9. The molecule has 0 radical (unpaired) electrons. The third-order valence-corrected chi connectivity index (χ3v) is 3.68. The summed E-state index contributed by atoms with van der Waals surface area (Å²) in [6.07, 6.45) is -6.98. The van der Waals surface area contributed by atoms with Crippen molar-refractivity contribution in [3.8, 4) is 29.1 Å². The molecule has 27 heavy (non-hydrogen) atoms. The van der Waals surface area contributed by atoms with Crippen LogP contribution in [0.3, 0.4) is 0 Å². The van der Waals surface area contributed by atoms with E-state index in [9.17, 15) is 17.6 Å². The largest absolute Gasteiger partial charge is 0.586 e. The average Bonchev–Trinajstić information content (AvgIpc) is 3.06. The van der Waals surface area contributed by atoms with Crippen LogP contribution < -0.4 is 18.9 Å². The molecule has 0 fully saturated rings. The third kappa shape index (κ3) is 4.46. The molecule has 0 bridgehead atoms. The Hall–Kier alpha value is -2.86. The van der Waals surface area contributed by atoms with Gasteiger partial charge in [0, 0.05) is 5.88 Å². The Bertz CT molecular complexity index is 901. The first-order valence-corrected chi connectivity index (χ1v) is 7.95. The lowest BCUT2D eigenvalue weighted by atomic mass is 10.1. The van der Waals surface area contributed by atoms with Crippen molar-refractivity contribution in [3.63, 3.8) is 0 Å². The van der Waals surface area contributed by atoms with E-state index in [0.29, 0.717) is 11.1 Å². The average molecular weight is 404 g/mol. The Morgan fingerprint density at radius 3 is 1.70 bits per heavy atom. The summed E-state index contributed by atoms with van der Waals surface area (Å²) in [6.45, 7) is 0. The fraction of sp³-hybridized carbons (Fsp3) is 0.235. The number of alkyl halides is 5. The smallest absolute Gasteiger partial charge is 0.395 e. The Balaban J connectivity index is 0.000000156. The van der Waals surface area contributed by atoms with Crippen molar-refractivity contribution in [2.45, 2.75) is 24.9 Å². The van der Waals surface area contributed by atoms with Gasteiger partial charge in [-0.1, -0.05) is 12.1 Å². The van der Waals surface area contributed by atoms with Crippen LogP contribution in [0.15, 0.2) is 36.4 Å². The molecule has 0 saturated heterocycles. The molecule has 0 saturated carbocycles. The SMILES string of the molecule is FC1(F)Oc2ccc(CCl)cc2O1.N#CCc1ccc2c(c1)OC(F)(F)O2. The Morgan fingerprint density at radius 1 is 0.778 bits per heavy atom. The maximum absolute atomic E-state index is 12.5. The summed E-state index contributed by atoms with van der Waals surface area (Å²) in [5, 5.41) is 8.40. The predicted octanol–water partition coefficient (Wildman–Crippen LogP) is 4.82. The molecular weight excluding hydrogens is 394 g/mol. The van der Waals surface area contributed by atoms with Gasteiger partial charge in [-0.15, -0.1) is 29.2 Å². The number of fused-ring (bicyclic) bond motifs is 2. The van der Waals surface area contributed by atoms with E-state index in [1.165, 1.54) is 24.3 Å². The van der Waals surface area contributed by atoms with Crippen LogP contribution in [-0.4, -0.2) is 12.6 Å². The first-order valence-electron chi connectivity index (χ1n) is 7.42. The second-order valence-electron chi connectivity index (χ2n) is 5.37. The molecule has 0 aromatic heterocycles. The number of nitrogens with zero attached hydrogens (tertiary/aromatic N) is 1. The van der Waals surface area contributed by atoms with E-state index >= 15 is 0 Å². The first kappa shape index (κ1) is 18.9. The second kappa shape index (κ2) is 7.04. The molecule has 0 atom stereocenters. The summed E-state index contributed by atoms with van der Waals surface area (Å²) >= 11 is 5.52. The molecule has 2 aliphatic heterocycles. The van der Waals surface area contributed by atoms with Gasteiger partial charge in [0.15, 0.2) is 23.0 Å². The standard InChI is InChI=1S/C9H5F2NO2.C8H5ClF2O2/c10-9(11)13-7-2-1-6(3-4-12)5-8(7)14-9;9-4-5-1-2-6-7(3-5)13-8(10,11)12-6/h1-2,5H,3H2;1-3H,4H2. The van der Waals surface area contributed by atoms with Crippen LogP contribution in [-0.2, 0) is 12.3 Å². The van der Waals surface area contributed by atoms with Crippen molar-refractivity contribution in [1.29, 1.82) is 5.26 Å². The highest BCUT2D eigenvalue weighted by molar-refractivity contribution is 6.17. The Morgan fingerprint density at radius 2 is 1.22 bits per heavy atom. The minimum Gasteiger partial charge on any atom is -0.395 e. The van der Waals surface area contributed by atoms with Crippen LogP contribution >= 0.6 is 11.6 Å². The van der Waals surface area contributed by atoms with Crippen LogP contribution in [0.1, 0.15) is 11.1 Å². The highest BCUT2D eigenvalue weighted by Crippen LogP contribution is 2.42. The zero-order chi connectivity index (χ0) is 19.7. The minimum absolute atomic E-state index is 0.00307. The van der Waals surface area contributed by atoms with E-state index in [1.807, 2.05) is 6.07 Å². The van der Waals surface area contributed by atoms with Crippen LogP contribution in [0.4, 0.5) is 17.6 Å². The van der Waals surface area contributed by atoms with Gasteiger partial charge in [-0.2, -0.15) is 5.26 Å². The Labute approximate surface area is 155 Å². The molecule has 10 heteroatoms. The van der Waals surface area contributed by atoms with Crippen molar-refractivity contribution < 1.29 is 36.5 Å². The molecule has 2 aromatic carbocycles. The quantitative estimate of drug-likeness (QED) is 0.531. The lowest BCUT2D eigenvalue weighted by molar-refractivity contribution is -0.287. The summed E-state index contributed by atoms with van der Waals surface area (Å²) in [5.41, 5.74) is 1.33. The molecule has 0 unspecified atom stereocenters. The van der Waals surface area contributed by atoms with Crippen LogP contribution in [0.25, 0.3) is 0 Å². The summed E-state index contributed by atoms with van der Waals surface area (Å²) in [4.78, 5) is 0. The lowest BCUT2D eigenvalue weighted by Crippen LogP contribution is -2.25. The molecule has 2 heterocycles. The number of benzene rings is 2. The predicted molar refractivity (Wildman–Crippen MR) is 84.2 cm³/mol. The summed E-state index contributed by atoms with van der Waals surface area (Å²) in [7, 11) is 0. The number of ether oxygens (including phenoxy) is 4. The highest BCUT2D eigenvalue weighted by atomic mass is 35.5. The van der Waals surface area contributed by atoms with Crippen LogP contribution in [0, 0.1) is 11.3 Å². The summed E-state index contributed by atoms with van der Waals surface area (Å²) in [5.74, 6) is 0.295. The van der Waals surface area contributed by atoms with E-state index in [4.69, 9.17) is 16.9 Å². The highest BCUT2D eigenvalue weighted by Gasteiger charge is 2.44. The van der Waals surface area contributed by atoms with E-state index in [1.54, 1.807) is 12.1 Å². The fourth-order valence-electron chi connectivity index (χ4n) is 2.27. The molecule has 142 valence electrons. The number of halogens is 5.